The van der Waals surface area contributed by atoms with E-state index < -0.39 is 0 Å². The van der Waals surface area contributed by atoms with E-state index in [1.807, 2.05) is 0 Å². The van der Waals surface area contributed by atoms with E-state index >= 15 is 0 Å². The summed E-state index contributed by atoms with van der Waals surface area (Å²) >= 11 is 0. The Kier molecular flexibility index (Phi) is 4.59. The summed E-state index contributed by atoms with van der Waals surface area (Å²) in [6, 6.07) is 19.2. The van der Waals surface area contributed by atoms with E-state index in [4.69, 9.17) is 4.74 Å². The van der Waals surface area contributed by atoms with Gasteiger partial charge in [0.05, 0.1) is 6.61 Å². The molecule has 0 saturated carbocycles. The predicted octanol–water partition coefficient (Wildman–Crippen LogP) is 4.71. The van der Waals surface area contributed by atoms with Crippen molar-refractivity contribution >= 4 is 21.5 Å². The quantitative estimate of drug-likeness (QED) is 0.482. The van der Waals surface area contributed by atoms with Crippen molar-refractivity contribution < 1.29 is 4.74 Å². The van der Waals surface area contributed by atoms with E-state index in [9.17, 15) is 0 Å². The summed E-state index contributed by atoms with van der Waals surface area (Å²) in [6.07, 6.45) is 1.04. The summed E-state index contributed by atoms with van der Waals surface area (Å²) in [7, 11) is 2.15. The summed E-state index contributed by atoms with van der Waals surface area (Å²) < 4.78 is 6.20. The second kappa shape index (κ2) is 6.80. The zero-order chi connectivity index (χ0) is 15.4. The summed E-state index contributed by atoms with van der Waals surface area (Å²) in [5, 5.41) is 4.87. The molecule has 0 aromatic heterocycles. The van der Waals surface area contributed by atoms with Crippen LogP contribution in [-0.4, -0.2) is 31.6 Å². The molecule has 0 saturated heterocycles. The number of nitrogens with zero attached hydrogens (tertiary/aromatic N) is 1. The first-order chi connectivity index (χ1) is 10.8. The molecule has 0 aliphatic rings. The van der Waals surface area contributed by atoms with E-state index in [0.717, 1.165) is 31.9 Å². The second-order valence-electron chi connectivity index (χ2n) is 5.75. The molecule has 0 spiro atoms. The first kappa shape index (κ1) is 14.9. The average Bonchev–Trinajstić information content (AvgIpc) is 2.57. The van der Waals surface area contributed by atoms with Crippen molar-refractivity contribution in [2.45, 2.75) is 13.3 Å². The maximum atomic E-state index is 6.20. The Bertz CT molecular complexity index is 712. The van der Waals surface area contributed by atoms with Crippen LogP contribution in [0.25, 0.3) is 21.5 Å². The molecule has 0 fully saturated rings. The standard InChI is InChI=1S/C20H23NO/c1-3-21(2)13-8-14-22-20-18-11-6-4-9-16(18)15-17-10-5-7-12-19(17)20/h4-7,9-12,15H,3,8,13-14H2,1-2H3. The molecular weight excluding hydrogens is 270 g/mol. The molecule has 0 atom stereocenters. The van der Waals surface area contributed by atoms with Crippen LogP contribution in [0, 0.1) is 0 Å². The van der Waals surface area contributed by atoms with Gasteiger partial charge in [0.25, 0.3) is 0 Å². The Morgan fingerprint density at radius 3 is 2.09 bits per heavy atom. The highest BCUT2D eigenvalue weighted by atomic mass is 16.5. The van der Waals surface area contributed by atoms with E-state index in [1.165, 1.54) is 21.5 Å². The Labute approximate surface area is 132 Å². The summed E-state index contributed by atoms with van der Waals surface area (Å²) in [6.45, 7) is 5.08. The van der Waals surface area contributed by atoms with Crippen molar-refractivity contribution in [3.8, 4) is 5.75 Å². The van der Waals surface area contributed by atoms with Gasteiger partial charge in [-0.1, -0.05) is 55.5 Å². The monoisotopic (exact) mass is 293 g/mol. The van der Waals surface area contributed by atoms with Gasteiger partial charge in [-0.25, -0.2) is 0 Å². The fourth-order valence-corrected chi connectivity index (χ4v) is 2.79. The summed E-state index contributed by atoms with van der Waals surface area (Å²) in [5.41, 5.74) is 0. The number of ether oxygens (including phenoxy) is 1. The van der Waals surface area contributed by atoms with Crippen LogP contribution in [0.2, 0.25) is 0 Å². The maximum Gasteiger partial charge on any atom is 0.134 e. The molecular formula is C20H23NO. The second-order valence-corrected chi connectivity index (χ2v) is 5.75. The van der Waals surface area contributed by atoms with Crippen molar-refractivity contribution in [1.29, 1.82) is 0 Å². The van der Waals surface area contributed by atoms with Crippen molar-refractivity contribution in [2.75, 3.05) is 26.7 Å². The Hall–Kier alpha value is -2.06. The largest absolute Gasteiger partial charge is 0.492 e. The van der Waals surface area contributed by atoms with Crippen LogP contribution in [0.4, 0.5) is 0 Å². The lowest BCUT2D eigenvalue weighted by Crippen LogP contribution is -2.20. The zero-order valence-corrected chi connectivity index (χ0v) is 13.4. The Balaban J connectivity index is 1.91. The van der Waals surface area contributed by atoms with Gasteiger partial charge in [0.15, 0.2) is 0 Å². The lowest BCUT2D eigenvalue weighted by molar-refractivity contribution is 0.272. The minimum absolute atomic E-state index is 0.752. The fraction of sp³-hybridized carbons (Fsp3) is 0.300. The molecule has 22 heavy (non-hydrogen) atoms. The number of hydrogen-bond donors (Lipinski definition) is 0. The smallest absolute Gasteiger partial charge is 0.134 e. The third-order valence-electron chi connectivity index (χ3n) is 4.19. The number of hydrogen-bond acceptors (Lipinski definition) is 2. The Morgan fingerprint density at radius 2 is 1.50 bits per heavy atom. The molecule has 0 bridgehead atoms. The van der Waals surface area contributed by atoms with Crippen LogP contribution in [0.15, 0.2) is 54.6 Å². The van der Waals surface area contributed by atoms with Gasteiger partial charge in [0.1, 0.15) is 5.75 Å². The predicted molar refractivity (Wildman–Crippen MR) is 94.7 cm³/mol. The molecule has 2 nitrogen and oxygen atoms in total. The van der Waals surface area contributed by atoms with E-state index in [0.29, 0.717) is 0 Å². The minimum Gasteiger partial charge on any atom is -0.492 e. The molecule has 3 aromatic carbocycles. The van der Waals surface area contributed by atoms with Gasteiger partial charge >= 0.3 is 0 Å². The van der Waals surface area contributed by atoms with E-state index in [-0.39, 0.29) is 0 Å². The van der Waals surface area contributed by atoms with Gasteiger partial charge in [0, 0.05) is 17.3 Å². The minimum atomic E-state index is 0.752. The molecule has 0 heterocycles. The first-order valence-corrected chi connectivity index (χ1v) is 8.01. The number of benzene rings is 3. The van der Waals surface area contributed by atoms with Crippen molar-refractivity contribution in [1.82, 2.24) is 4.90 Å². The highest BCUT2D eigenvalue weighted by molar-refractivity contribution is 6.05. The van der Waals surface area contributed by atoms with Gasteiger partial charge < -0.3 is 9.64 Å². The van der Waals surface area contributed by atoms with Gasteiger partial charge in [-0.15, -0.1) is 0 Å². The third kappa shape index (κ3) is 3.07. The first-order valence-electron chi connectivity index (χ1n) is 8.01. The molecule has 3 rings (SSSR count). The molecule has 0 radical (unpaired) electrons. The fourth-order valence-electron chi connectivity index (χ4n) is 2.79. The molecule has 0 unspecified atom stereocenters. The molecule has 0 aliphatic heterocycles. The van der Waals surface area contributed by atoms with E-state index in [1.54, 1.807) is 0 Å². The van der Waals surface area contributed by atoms with Crippen LogP contribution in [0.1, 0.15) is 13.3 Å². The lowest BCUT2D eigenvalue weighted by Gasteiger charge is -2.16. The molecule has 0 N–H and O–H groups in total. The van der Waals surface area contributed by atoms with Gasteiger partial charge in [-0.05, 0) is 36.9 Å². The van der Waals surface area contributed by atoms with Crippen molar-refractivity contribution in [3.63, 3.8) is 0 Å². The highest BCUT2D eigenvalue weighted by Gasteiger charge is 2.08. The number of fused-ring (bicyclic) bond motifs is 2. The molecule has 0 aliphatic carbocycles. The lowest BCUT2D eigenvalue weighted by atomic mass is 10.0. The van der Waals surface area contributed by atoms with Crippen LogP contribution >= 0.6 is 0 Å². The van der Waals surface area contributed by atoms with Crippen LogP contribution < -0.4 is 4.74 Å². The Morgan fingerprint density at radius 1 is 0.909 bits per heavy atom. The van der Waals surface area contributed by atoms with Crippen LogP contribution in [-0.2, 0) is 0 Å². The van der Waals surface area contributed by atoms with Gasteiger partial charge in [0.2, 0.25) is 0 Å². The maximum absolute atomic E-state index is 6.20. The molecule has 114 valence electrons. The van der Waals surface area contributed by atoms with Crippen LogP contribution in [0.5, 0.6) is 5.75 Å². The number of rotatable bonds is 6. The van der Waals surface area contributed by atoms with Gasteiger partial charge in [-0.3, -0.25) is 0 Å². The molecule has 3 aromatic rings. The molecule has 2 heteroatoms. The van der Waals surface area contributed by atoms with Crippen LogP contribution in [0.3, 0.4) is 0 Å². The molecule has 0 amide bonds. The van der Waals surface area contributed by atoms with Crippen molar-refractivity contribution in [3.05, 3.63) is 54.6 Å². The normalized spacial score (nSPS) is 11.4. The average molecular weight is 293 g/mol. The third-order valence-corrected chi connectivity index (χ3v) is 4.19. The van der Waals surface area contributed by atoms with E-state index in [2.05, 4.69) is 73.5 Å². The topological polar surface area (TPSA) is 12.5 Å². The summed E-state index contributed by atoms with van der Waals surface area (Å²) in [4.78, 5) is 2.31. The van der Waals surface area contributed by atoms with Crippen molar-refractivity contribution in [2.24, 2.45) is 0 Å². The highest BCUT2D eigenvalue weighted by Crippen LogP contribution is 2.34. The van der Waals surface area contributed by atoms with Gasteiger partial charge in [-0.2, -0.15) is 0 Å². The zero-order valence-electron chi connectivity index (χ0n) is 13.4. The summed E-state index contributed by atoms with van der Waals surface area (Å²) in [5.74, 6) is 1.02. The SMILES string of the molecule is CCN(C)CCCOc1c2ccccc2cc2ccccc12.